The summed E-state index contributed by atoms with van der Waals surface area (Å²) < 4.78 is 38.6. The Bertz CT molecular complexity index is 827. The normalized spacial score (nSPS) is 12.0. The van der Waals surface area contributed by atoms with E-state index in [9.17, 15) is 23.4 Å². The molecule has 1 heterocycles. The van der Waals surface area contributed by atoms with E-state index < -0.39 is 11.7 Å². The summed E-state index contributed by atoms with van der Waals surface area (Å²) in [6.07, 6.45) is -4.43. The molecule has 0 aliphatic carbocycles. The van der Waals surface area contributed by atoms with Gasteiger partial charge in [0.1, 0.15) is 5.01 Å². The third-order valence-corrected chi connectivity index (χ3v) is 4.03. The van der Waals surface area contributed by atoms with Gasteiger partial charge in [0, 0.05) is 0 Å². The second kappa shape index (κ2) is 4.63. The predicted octanol–water partition coefficient (Wildman–Crippen LogP) is 4.39. The molecule has 1 aromatic heterocycles. The molecule has 7 heteroatoms. The van der Waals surface area contributed by atoms with Gasteiger partial charge in [0.15, 0.2) is 11.5 Å². The van der Waals surface area contributed by atoms with Crippen molar-refractivity contribution in [2.75, 3.05) is 0 Å². The largest absolute Gasteiger partial charge is 0.504 e. The summed E-state index contributed by atoms with van der Waals surface area (Å²) in [4.78, 5) is 4.11. The van der Waals surface area contributed by atoms with Crippen LogP contribution in [0.3, 0.4) is 0 Å². The minimum atomic E-state index is -4.43. The third kappa shape index (κ3) is 2.40. The minimum Gasteiger partial charge on any atom is -0.504 e. The highest BCUT2D eigenvalue weighted by Gasteiger charge is 2.30. The Labute approximate surface area is 120 Å². The maximum atomic E-state index is 12.7. The zero-order chi connectivity index (χ0) is 15.2. The van der Waals surface area contributed by atoms with Crippen LogP contribution < -0.4 is 0 Å². The fraction of sp³-hybridized carbons (Fsp3) is 0.0714. The first-order valence-corrected chi connectivity index (χ1v) is 6.67. The number of nitrogens with zero attached hydrogens (tertiary/aromatic N) is 1. The monoisotopic (exact) mass is 311 g/mol. The number of thiazole rings is 1. The van der Waals surface area contributed by atoms with Crippen LogP contribution in [0.25, 0.3) is 20.8 Å². The molecule has 0 amide bonds. The second-order valence-electron chi connectivity index (χ2n) is 4.37. The van der Waals surface area contributed by atoms with Crippen molar-refractivity contribution < 1.29 is 23.4 Å². The summed E-state index contributed by atoms with van der Waals surface area (Å²) in [6.45, 7) is 0. The topological polar surface area (TPSA) is 53.4 Å². The highest BCUT2D eigenvalue weighted by molar-refractivity contribution is 7.21. The Balaban J connectivity index is 2.15. The summed E-state index contributed by atoms with van der Waals surface area (Å²) >= 11 is 1.14. The molecule has 21 heavy (non-hydrogen) atoms. The average Bonchev–Trinajstić information content (AvgIpc) is 2.83. The Hall–Kier alpha value is -2.28. The number of hydrogen-bond donors (Lipinski definition) is 2. The first-order valence-electron chi connectivity index (χ1n) is 5.85. The van der Waals surface area contributed by atoms with Gasteiger partial charge in [-0.2, -0.15) is 13.2 Å². The quantitative estimate of drug-likeness (QED) is 0.655. The van der Waals surface area contributed by atoms with Crippen molar-refractivity contribution in [1.29, 1.82) is 0 Å². The van der Waals surface area contributed by atoms with Crippen LogP contribution in [0.1, 0.15) is 5.56 Å². The maximum Gasteiger partial charge on any atom is 0.416 e. The van der Waals surface area contributed by atoms with Gasteiger partial charge in [-0.3, -0.25) is 0 Å². The molecule has 0 saturated heterocycles. The molecule has 0 bridgehead atoms. The number of aromatic nitrogens is 1. The molecule has 2 aromatic carbocycles. The van der Waals surface area contributed by atoms with Crippen molar-refractivity contribution in [3.8, 4) is 22.1 Å². The van der Waals surface area contributed by atoms with E-state index in [1.807, 2.05) is 0 Å². The predicted molar refractivity (Wildman–Crippen MR) is 73.4 cm³/mol. The summed E-state index contributed by atoms with van der Waals surface area (Å²) in [7, 11) is 0. The SMILES string of the molecule is Oc1cccc(-c2nc3cc(C(F)(F)F)ccc3s2)c1O. The zero-order valence-electron chi connectivity index (χ0n) is 10.3. The van der Waals surface area contributed by atoms with E-state index in [0.717, 1.165) is 23.5 Å². The number of aromatic hydroxyl groups is 2. The molecule has 0 fully saturated rings. The van der Waals surface area contributed by atoms with Crippen LogP contribution in [0.5, 0.6) is 11.5 Å². The van der Waals surface area contributed by atoms with Crippen LogP contribution >= 0.6 is 11.3 Å². The molecule has 0 spiro atoms. The van der Waals surface area contributed by atoms with Gasteiger partial charge in [0.05, 0.1) is 21.3 Å². The summed E-state index contributed by atoms with van der Waals surface area (Å²) in [5.41, 5.74) is -0.288. The van der Waals surface area contributed by atoms with E-state index in [1.54, 1.807) is 0 Å². The molecule has 0 unspecified atom stereocenters. The van der Waals surface area contributed by atoms with E-state index in [0.29, 0.717) is 9.71 Å². The van der Waals surface area contributed by atoms with Crippen molar-refractivity contribution in [2.24, 2.45) is 0 Å². The van der Waals surface area contributed by atoms with Crippen molar-refractivity contribution in [3.05, 3.63) is 42.0 Å². The highest BCUT2D eigenvalue weighted by Crippen LogP contribution is 2.40. The van der Waals surface area contributed by atoms with Crippen LogP contribution in [0.4, 0.5) is 13.2 Å². The van der Waals surface area contributed by atoms with Crippen molar-refractivity contribution in [2.45, 2.75) is 6.18 Å². The average molecular weight is 311 g/mol. The Morgan fingerprint density at radius 3 is 2.52 bits per heavy atom. The van der Waals surface area contributed by atoms with E-state index in [4.69, 9.17) is 0 Å². The van der Waals surface area contributed by atoms with Gasteiger partial charge >= 0.3 is 6.18 Å². The van der Waals surface area contributed by atoms with Crippen LogP contribution in [0.15, 0.2) is 36.4 Å². The zero-order valence-corrected chi connectivity index (χ0v) is 11.2. The molecule has 0 atom stereocenters. The van der Waals surface area contributed by atoms with Gasteiger partial charge in [0.25, 0.3) is 0 Å². The van der Waals surface area contributed by atoms with Gasteiger partial charge in [-0.05, 0) is 30.3 Å². The highest BCUT2D eigenvalue weighted by atomic mass is 32.1. The molecular weight excluding hydrogens is 303 g/mol. The molecule has 3 aromatic rings. The molecule has 108 valence electrons. The number of para-hydroxylation sites is 1. The van der Waals surface area contributed by atoms with Gasteiger partial charge < -0.3 is 10.2 Å². The van der Waals surface area contributed by atoms with Crippen LogP contribution in [-0.2, 0) is 6.18 Å². The number of halogens is 3. The van der Waals surface area contributed by atoms with Gasteiger partial charge in [-0.25, -0.2) is 4.98 Å². The third-order valence-electron chi connectivity index (χ3n) is 2.96. The van der Waals surface area contributed by atoms with Crippen molar-refractivity contribution >= 4 is 21.6 Å². The Morgan fingerprint density at radius 2 is 1.81 bits per heavy atom. The lowest BCUT2D eigenvalue weighted by molar-refractivity contribution is -0.137. The smallest absolute Gasteiger partial charge is 0.416 e. The molecule has 3 nitrogen and oxygen atoms in total. The first kappa shape index (κ1) is 13.7. The molecule has 3 rings (SSSR count). The van der Waals surface area contributed by atoms with E-state index in [2.05, 4.69) is 4.98 Å². The summed E-state index contributed by atoms with van der Waals surface area (Å²) in [6, 6.07) is 7.68. The van der Waals surface area contributed by atoms with E-state index >= 15 is 0 Å². The standard InChI is InChI=1S/C14H8F3NO2S/c15-14(16,17)7-4-5-11-9(6-7)18-13(21-11)8-2-1-3-10(19)12(8)20/h1-6,19-20H. The number of alkyl halides is 3. The van der Waals surface area contributed by atoms with Gasteiger partial charge in [-0.15, -0.1) is 11.3 Å². The van der Waals surface area contributed by atoms with Crippen molar-refractivity contribution in [1.82, 2.24) is 4.98 Å². The van der Waals surface area contributed by atoms with Crippen LogP contribution in [-0.4, -0.2) is 15.2 Å². The van der Waals surface area contributed by atoms with Gasteiger partial charge in [-0.1, -0.05) is 6.07 Å². The lowest BCUT2D eigenvalue weighted by atomic mass is 10.2. The Morgan fingerprint density at radius 1 is 1.05 bits per heavy atom. The summed E-state index contributed by atoms with van der Waals surface area (Å²) in [5, 5.41) is 19.6. The molecule has 0 saturated carbocycles. The second-order valence-corrected chi connectivity index (χ2v) is 5.40. The lowest BCUT2D eigenvalue weighted by Gasteiger charge is -2.04. The molecule has 0 radical (unpaired) electrons. The molecule has 0 aliphatic rings. The summed E-state index contributed by atoms with van der Waals surface area (Å²) in [5.74, 6) is -0.643. The molecule has 2 N–H and O–H groups in total. The molecular formula is C14H8F3NO2S. The number of phenolic OH excluding ortho intramolecular Hbond substituents is 2. The molecule has 0 aliphatic heterocycles. The number of rotatable bonds is 1. The van der Waals surface area contributed by atoms with E-state index in [-0.39, 0.29) is 22.6 Å². The van der Waals surface area contributed by atoms with Crippen LogP contribution in [0.2, 0.25) is 0 Å². The van der Waals surface area contributed by atoms with Gasteiger partial charge in [0.2, 0.25) is 0 Å². The maximum absolute atomic E-state index is 12.7. The number of hydrogen-bond acceptors (Lipinski definition) is 4. The fourth-order valence-corrected chi connectivity index (χ4v) is 2.90. The first-order chi connectivity index (χ1) is 9.86. The lowest BCUT2D eigenvalue weighted by Crippen LogP contribution is -2.03. The number of phenols is 2. The minimum absolute atomic E-state index is 0.201. The Kier molecular flexibility index (Phi) is 3.02. The fourth-order valence-electron chi connectivity index (χ4n) is 1.92. The number of fused-ring (bicyclic) bond motifs is 1. The van der Waals surface area contributed by atoms with Crippen LogP contribution in [0, 0.1) is 0 Å². The van der Waals surface area contributed by atoms with E-state index in [1.165, 1.54) is 24.3 Å². The number of benzene rings is 2. The van der Waals surface area contributed by atoms with Crippen molar-refractivity contribution in [3.63, 3.8) is 0 Å².